The third-order valence-electron chi connectivity index (χ3n) is 2.74. The summed E-state index contributed by atoms with van der Waals surface area (Å²) in [4.78, 5) is 17.8. The molecule has 1 aromatic carbocycles. The molecule has 0 radical (unpaired) electrons. The molecule has 5 heteroatoms. The molecule has 2 rings (SSSR count). The zero-order chi connectivity index (χ0) is 14.4. The average molecular weight is 335 g/mol. The van der Waals surface area contributed by atoms with Crippen LogP contribution in [0.1, 0.15) is 10.4 Å². The summed E-state index contributed by atoms with van der Waals surface area (Å²) in [5.41, 5.74) is 0.557. The normalized spacial score (nSPS) is 10.1. The monoisotopic (exact) mass is 334 g/mol. The number of para-hydroxylation sites is 1. The van der Waals surface area contributed by atoms with Crippen LogP contribution in [0.3, 0.4) is 0 Å². The lowest BCUT2D eigenvalue weighted by atomic mass is 10.2. The van der Waals surface area contributed by atoms with Gasteiger partial charge in [0.15, 0.2) is 0 Å². The largest absolute Gasteiger partial charge is 0.492 e. The number of benzene rings is 1. The van der Waals surface area contributed by atoms with E-state index in [-0.39, 0.29) is 5.91 Å². The lowest BCUT2D eigenvalue weighted by Gasteiger charge is -2.17. The van der Waals surface area contributed by atoms with Crippen LogP contribution < -0.4 is 4.74 Å². The third kappa shape index (κ3) is 4.06. The minimum absolute atomic E-state index is 0.0736. The number of halogens is 1. The number of hydrogen-bond acceptors (Lipinski definition) is 3. The van der Waals surface area contributed by atoms with Gasteiger partial charge in [0.2, 0.25) is 0 Å². The van der Waals surface area contributed by atoms with Crippen LogP contribution in [0.15, 0.2) is 53.3 Å². The highest BCUT2D eigenvalue weighted by molar-refractivity contribution is 9.10. The van der Waals surface area contributed by atoms with Crippen LogP contribution in [0.2, 0.25) is 0 Å². The first-order valence-electron chi connectivity index (χ1n) is 6.20. The van der Waals surface area contributed by atoms with Gasteiger partial charge in [0.05, 0.1) is 12.1 Å². The first-order valence-corrected chi connectivity index (χ1v) is 7.00. The predicted molar refractivity (Wildman–Crippen MR) is 80.8 cm³/mol. The fourth-order valence-corrected chi connectivity index (χ4v) is 2.03. The zero-order valence-electron chi connectivity index (χ0n) is 11.1. The van der Waals surface area contributed by atoms with E-state index in [1.807, 2.05) is 30.3 Å². The maximum Gasteiger partial charge on any atom is 0.255 e. The number of rotatable bonds is 5. The van der Waals surface area contributed by atoms with Crippen LogP contribution >= 0.6 is 15.9 Å². The number of aromatic nitrogens is 1. The summed E-state index contributed by atoms with van der Waals surface area (Å²) in [6.07, 6.45) is 3.21. The standard InChI is InChI=1S/C15H15BrN2O2/c1-18(7-8-20-14-5-3-2-4-6-14)15(19)12-9-13(16)11-17-10-12/h2-6,9-11H,7-8H2,1H3. The second kappa shape index (κ2) is 7.05. The van der Waals surface area contributed by atoms with Crippen LogP contribution in [0.4, 0.5) is 0 Å². The van der Waals surface area contributed by atoms with Crippen LogP contribution in [-0.2, 0) is 0 Å². The quantitative estimate of drug-likeness (QED) is 0.844. The van der Waals surface area contributed by atoms with Gasteiger partial charge in [-0.25, -0.2) is 0 Å². The second-order valence-electron chi connectivity index (χ2n) is 4.28. The summed E-state index contributed by atoms with van der Waals surface area (Å²) in [7, 11) is 1.75. The van der Waals surface area contributed by atoms with Gasteiger partial charge in [0.25, 0.3) is 5.91 Å². The van der Waals surface area contributed by atoms with Gasteiger partial charge in [-0.15, -0.1) is 0 Å². The van der Waals surface area contributed by atoms with Gasteiger partial charge in [0.1, 0.15) is 12.4 Å². The molecule has 1 amide bonds. The van der Waals surface area contributed by atoms with Crippen molar-refractivity contribution in [3.63, 3.8) is 0 Å². The minimum Gasteiger partial charge on any atom is -0.492 e. The molecule has 0 unspecified atom stereocenters. The molecule has 0 aliphatic heterocycles. The van der Waals surface area contributed by atoms with Gasteiger partial charge in [-0.2, -0.15) is 0 Å². The van der Waals surface area contributed by atoms with Gasteiger partial charge in [-0.1, -0.05) is 18.2 Å². The van der Waals surface area contributed by atoms with E-state index in [0.717, 1.165) is 10.2 Å². The van der Waals surface area contributed by atoms with Crippen molar-refractivity contribution in [2.24, 2.45) is 0 Å². The molecule has 1 heterocycles. The van der Waals surface area contributed by atoms with E-state index in [4.69, 9.17) is 4.74 Å². The number of hydrogen-bond donors (Lipinski definition) is 0. The summed E-state index contributed by atoms with van der Waals surface area (Å²) in [5, 5.41) is 0. The highest BCUT2D eigenvalue weighted by Gasteiger charge is 2.12. The van der Waals surface area contributed by atoms with Crippen LogP contribution in [-0.4, -0.2) is 36.0 Å². The van der Waals surface area contributed by atoms with Crippen molar-refractivity contribution in [1.82, 2.24) is 9.88 Å². The van der Waals surface area contributed by atoms with Gasteiger partial charge in [-0.3, -0.25) is 9.78 Å². The molecular formula is C15H15BrN2O2. The van der Waals surface area contributed by atoms with E-state index in [0.29, 0.717) is 18.7 Å². The summed E-state index contributed by atoms with van der Waals surface area (Å²) in [6, 6.07) is 11.3. The topological polar surface area (TPSA) is 42.4 Å². The van der Waals surface area contributed by atoms with Crippen molar-refractivity contribution in [2.45, 2.75) is 0 Å². The summed E-state index contributed by atoms with van der Waals surface area (Å²) in [5.74, 6) is 0.730. The number of amides is 1. The Morgan fingerprint density at radius 3 is 2.75 bits per heavy atom. The summed E-state index contributed by atoms with van der Waals surface area (Å²) in [6.45, 7) is 0.966. The number of ether oxygens (including phenoxy) is 1. The Morgan fingerprint density at radius 1 is 1.30 bits per heavy atom. The van der Waals surface area contributed by atoms with Crippen molar-refractivity contribution in [3.05, 3.63) is 58.8 Å². The van der Waals surface area contributed by atoms with Crippen molar-refractivity contribution in [3.8, 4) is 5.75 Å². The molecule has 104 valence electrons. The highest BCUT2D eigenvalue weighted by atomic mass is 79.9. The Bertz CT molecular complexity index is 575. The van der Waals surface area contributed by atoms with Crippen LogP contribution in [0.5, 0.6) is 5.75 Å². The molecule has 0 saturated heterocycles. The first kappa shape index (κ1) is 14.5. The molecule has 0 spiro atoms. The number of carbonyl (C=O) groups is 1. The van der Waals surface area contributed by atoms with E-state index in [1.54, 1.807) is 30.4 Å². The van der Waals surface area contributed by atoms with E-state index in [2.05, 4.69) is 20.9 Å². The Labute approximate surface area is 126 Å². The SMILES string of the molecule is CN(CCOc1ccccc1)C(=O)c1cncc(Br)c1. The maximum atomic E-state index is 12.1. The Balaban J connectivity index is 1.85. The third-order valence-corrected chi connectivity index (χ3v) is 3.17. The van der Waals surface area contributed by atoms with E-state index in [1.165, 1.54) is 0 Å². The Morgan fingerprint density at radius 2 is 2.05 bits per heavy atom. The highest BCUT2D eigenvalue weighted by Crippen LogP contribution is 2.11. The lowest BCUT2D eigenvalue weighted by Crippen LogP contribution is -2.30. The van der Waals surface area contributed by atoms with Gasteiger partial charge in [0, 0.05) is 23.9 Å². The molecule has 0 aliphatic rings. The van der Waals surface area contributed by atoms with Crippen molar-refractivity contribution in [2.75, 3.05) is 20.2 Å². The van der Waals surface area contributed by atoms with Gasteiger partial charge in [-0.05, 0) is 34.1 Å². The molecule has 0 fully saturated rings. The summed E-state index contributed by atoms with van der Waals surface area (Å²) < 4.78 is 6.36. The number of likely N-dealkylation sites (N-methyl/N-ethyl adjacent to an activating group) is 1. The summed E-state index contributed by atoms with van der Waals surface area (Å²) >= 11 is 3.30. The Kier molecular flexibility index (Phi) is 5.12. The first-order chi connectivity index (χ1) is 9.66. The molecule has 1 aromatic heterocycles. The molecule has 0 saturated carbocycles. The van der Waals surface area contributed by atoms with Crippen molar-refractivity contribution >= 4 is 21.8 Å². The average Bonchev–Trinajstić information content (AvgIpc) is 2.47. The van der Waals surface area contributed by atoms with Gasteiger partial charge >= 0.3 is 0 Å². The molecule has 4 nitrogen and oxygen atoms in total. The molecular weight excluding hydrogens is 320 g/mol. The molecule has 20 heavy (non-hydrogen) atoms. The smallest absolute Gasteiger partial charge is 0.255 e. The second-order valence-corrected chi connectivity index (χ2v) is 5.20. The van der Waals surface area contributed by atoms with Crippen molar-refractivity contribution in [1.29, 1.82) is 0 Å². The van der Waals surface area contributed by atoms with Crippen LogP contribution in [0, 0.1) is 0 Å². The molecule has 0 bridgehead atoms. The van der Waals surface area contributed by atoms with Crippen molar-refractivity contribution < 1.29 is 9.53 Å². The fraction of sp³-hybridized carbons (Fsp3) is 0.200. The molecule has 0 aliphatic carbocycles. The number of carbonyl (C=O) groups excluding carboxylic acids is 1. The zero-order valence-corrected chi connectivity index (χ0v) is 12.7. The Hall–Kier alpha value is -1.88. The molecule has 0 N–H and O–H groups in total. The molecule has 2 aromatic rings. The van der Waals surface area contributed by atoms with E-state index >= 15 is 0 Å². The molecule has 0 atom stereocenters. The number of nitrogens with zero attached hydrogens (tertiary/aromatic N) is 2. The number of pyridine rings is 1. The van der Waals surface area contributed by atoms with E-state index < -0.39 is 0 Å². The van der Waals surface area contributed by atoms with E-state index in [9.17, 15) is 4.79 Å². The lowest BCUT2D eigenvalue weighted by molar-refractivity contribution is 0.0773. The van der Waals surface area contributed by atoms with Gasteiger partial charge < -0.3 is 9.64 Å². The van der Waals surface area contributed by atoms with Crippen LogP contribution in [0.25, 0.3) is 0 Å². The predicted octanol–water partition coefficient (Wildman–Crippen LogP) is 3.00. The fourth-order valence-electron chi connectivity index (χ4n) is 1.67. The maximum absolute atomic E-state index is 12.1. The minimum atomic E-state index is -0.0736.